The van der Waals surface area contributed by atoms with Gasteiger partial charge in [0, 0.05) is 30.6 Å². The molecule has 1 aromatic rings. The third-order valence-electron chi connectivity index (χ3n) is 3.85. The number of nitrogens with one attached hydrogen (secondary N) is 1. The fourth-order valence-corrected chi connectivity index (χ4v) is 3.39. The maximum Gasteiger partial charge on any atom is 0.307 e. The summed E-state index contributed by atoms with van der Waals surface area (Å²) in [6.45, 7) is 3.19. The summed E-state index contributed by atoms with van der Waals surface area (Å²) in [5, 5.41) is 4.84. The Hall–Kier alpha value is -1.10. The first-order chi connectivity index (χ1) is 9.16. The molecule has 1 aliphatic rings. The highest BCUT2D eigenvalue weighted by molar-refractivity contribution is 7.07. The van der Waals surface area contributed by atoms with Crippen molar-refractivity contribution < 1.29 is 4.79 Å². The Balaban J connectivity index is 1.71. The molecule has 0 spiro atoms. The molecule has 1 amide bonds. The molecule has 0 aromatic carbocycles. The summed E-state index contributed by atoms with van der Waals surface area (Å²) in [6.07, 6.45) is 6.80. The Kier molecular flexibility index (Phi) is 5.19. The number of carbonyl (C=O) groups excluding carboxylic acids is 1. The number of rotatable bonds is 5. The Labute approximate surface area is 117 Å². The zero-order valence-electron chi connectivity index (χ0n) is 11.5. The fraction of sp³-hybridized carbons (Fsp3) is 0.714. The average Bonchev–Trinajstić information content (AvgIpc) is 2.75. The fourth-order valence-electron chi connectivity index (χ4n) is 2.63. The Morgan fingerprint density at radius 3 is 2.79 bits per heavy atom. The zero-order valence-corrected chi connectivity index (χ0v) is 12.3. The molecule has 1 aromatic heterocycles. The normalized spacial score (nSPS) is 16.5. The molecule has 0 atom stereocenters. The van der Waals surface area contributed by atoms with E-state index in [-0.39, 0.29) is 10.8 Å². The Morgan fingerprint density at radius 1 is 1.42 bits per heavy atom. The first-order valence-electron chi connectivity index (χ1n) is 7.08. The maximum atomic E-state index is 11.8. The van der Waals surface area contributed by atoms with Crippen LogP contribution in [-0.4, -0.2) is 17.0 Å². The summed E-state index contributed by atoms with van der Waals surface area (Å²) in [5.41, 5.74) is 0.940. The van der Waals surface area contributed by atoms with E-state index in [1.54, 1.807) is 4.57 Å². The van der Waals surface area contributed by atoms with Gasteiger partial charge in [0.25, 0.3) is 0 Å². The van der Waals surface area contributed by atoms with Crippen LogP contribution in [0.15, 0.2) is 10.2 Å². The van der Waals surface area contributed by atoms with Gasteiger partial charge in [-0.2, -0.15) is 0 Å². The highest BCUT2D eigenvalue weighted by Crippen LogP contribution is 2.22. The van der Waals surface area contributed by atoms with Crippen molar-refractivity contribution in [2.45, 2.75) is 52.0 Å². The second kappa shape index (κ2) is 6.89. The first kappa shape index (κ1) is 14.3. The lowest BCUT2D eigenvalue weighted by molar-refractivity contribution is -0.121. The third-order valence-corrected chi connectivity index (χ3v) is 4.73. The number of nitrogens with zero attached hydrogens (tertiary/aromatic N) is 1. The van der Waals surface area contributed by atoms with Gasteiger partial charge in [-0.3, -0.25) is 9.59 Å². The predicted octanol–water partition coefficient (Wildman–Crippen LogP) is 2.30. The lowest BCUT2D eigenvalue weighted by Crippen LogP contribution is -2.31. The molecule has 1 N–H and O–H groups in total. The molecule has 5 heteroatoms. The van der Waals surface area contributed by atoms with E-state index < -0.39 is 0 Å². The van der Waals surface area contributed by atoms with Crippen LogP contribution in [0.4, 0.5) is 0 Å². The zero-order chi connectivity index (χ0) is 13.7. The maximum absolute atomic E-state index is 11.8. The van der Waals surface area contributed by atoms with Gasteiger partial charge in [0.15, 0.2) is 0 Å². The van der Waals surface area contributed by atoms with Gasteiger partial charge in [-0.05, 0) is 25.7 Å². The predicted molar refractivity (Wildman–Crippen MR) is 77.5 cm³/mol. The van der Waals surface area contributed by atoms with E-state index in [0.717, 1.165) is 12.2 Å². The standard InChI is InChI=1S/C14H22N2O2S/c1-11-10-19-14(18)16(11)8-7-13(17)15-9-12-5-3-2-4-6-12/h10,12H,2-9H2,1H3,(H,15,17). The summed E-state index contributed by atoms with van der Waals surface area (Å²) in [7, 11) is 0. The summed E-state index contributed by atoms with van der Waals surface area (Å²) in [4.78, 5) is 23.3. The summed E-state index contributed by atoms with van der Waals surface area (Å²) < 4.78 is 1.67. The molecule has 19 heavy (non-hydrogen) atoms. The molecule has 1 saturated carbocycles. The molecule has 1 fully saturated rings. The Morgan fingerprint density at radius 2 is 2.16 bits per heavy atom. The Bertz CT molecular complexity index is 472. The van der Waals surface area contributed by atoms with E-state index in [2.05, 4.69) is 5.32 Å². The average molecular weight is 282 g/mol. The smallest absolute Gasteiger partial charge is 0.307 e. The van der Waals surface area contributed by atoms with Gasteiger partial charge in [-0.15, -0.1) is 0 Å². The molecule has 0 radical (unpaired) electrons. The van der Waals surface area contributed by atoms with E-state index in [1.807, 2.05) is 12.3 Å². The van der Waals surface area contributed by atoms with Gasteiger partial charge in [-0.1, -0.05) is 30.6 Å². The summed E-state index contributed by atoms with van der Waals surface area (Å²) in [6, 6.07) is 0. The molecule has 0 aliphatic heterocycles. The van der Waals surface area contributed by atoms with Crippen molar-refractivity contribution in [2.75, 3.05) is 6.54 Å². The molecule has 2 rings (SSSR count). The second-order valence-electron chi connectivity index (χ2n) is 5.35. The van der Waals surface area contributed by atoms with Crippen LogP contribution >= 0.6 is 11.3 Å². The molecule has 0 unspecified atom stereocenters. The number of carbonyl (C=O) groups is 1. The summed E-state index contributed by atoms with van der Waals surface area (Å²) >= 11 is 1.19. The number of amides is 1. The van der Waals surface area contributed by atoms with Crippen molar-refractivity contribution in [3.63, 3.8) is 0 Å². The number of hydrogen-bond donors (Lipinski definition) is 1. The molecular weight excluding hydrogens is 260 g/mol. The van der Waals surface area contributed by atoms with Gasteiger partial charge in [-0.25, -0.2) is 0 Å². The highest BCUT2D eigenvalue weighted by atomic mass is 32.1. The quantitative estimate of drug-likeness (QED) is 0.901. The molecule has 0 bridgehead atoms. The van der Waals surface area contributed by atoms with Gasteiger partial charge in [0.05, 0.1) is 0 Å². The van der Waals surface area contributed by atoms with Crippen LogP contribution in [0.1, 0.15) is 44.2 Å². The van der Waals surface area contributed by atoms with Crippen LogP contribution in [0.5, 0.6) is 0 Å². The molecule has 4 nitrogen and oxygen atoms in total. The van der Waals surface area contributed by atoms with Crippen LogP contribution < -0.4 is 10.2 Å². The van der Waals surface area contributed by atoms with Crippen molar-refractivity contribution in [1.82, 2.24) is 9.88 Å². The van der Waals surface area contributed by atoms with Crippen molar-refractivity contribution in [2.24, 2.45) is 5.92 Å². The SMILES string of the molecule is Cc1csc(=O)n1CCC(=O)NCC1CCCCC1. The molecule has 0 saturated heterocycles. The van der Waals surface area contributed by atoms with Crippen molar-refractivity contribution in [3.05, 3.63) is 20.7 Å². The minimum atomic E-state index is 0.0255. The van der Waals surface area contributed by atoms with E-state index in [4.69, 9.17) is 0 Å². The van der Waals surface area contributed by atoms with Gasteiger partial charge in [0.1, 0.15) is 0 Å². The van der Waals surface area contributed by atoms with Crippen LogP contribution in [-0.2, 0) is 11.3 Å². The molecule has 1 heterocycles. The topological polar surface area (TPSA) is 51.1 Å². The minimum absolute atomic E-state index is 0.0255. The monoisotopic (exact) mass is 282 g/mol. The van der Waals surface area contributed by atoms with Gasteiger partial charge < -0.3 is 9.88 Å². The van der Waals surface area contributed by atoms with E-state index in [1.165, 1.54) is 43.4 Å². The van der Waals surface area contributed by atoms with Gasteiger partial charge >= 0.3 is 4.87 Å². The van der Waals surface area contributed by atoms with Crippen molar-refractivity contribution in [1.29, 1.82) is 0 Å². The van der Waals surface area contributed by atoms with Crippen molar-refractivity contribution >= 4 is 17.2 Å². The van der Waals surface area contributed by atoms with Crippen LogP contribution in [0.2, 0.25) is 0 Å². The number of aryl methyl sites for hydroxylation is 1. The molecule has 106 valence electrons. The number of thiazole rings is 1. The second-order valence-corrected chi connectivity index (χ2v) is 6.17. The van der Waals surface area contributed by atoms with E-state index >= 15 is 0 Å². The molecule has 1 aliphatic carbocycles. The van der Waals surface area contributed by atoms with Crippen LogP contribution in [0, 0.1) is 12.8 Å². The largest absolute Gasteiger partial charge is 0.356 e. The third kappa shape index (κ3) is 4.20. The van der Waals surface area contributed by atoms with Crippen LogP contribution in [0.25, 0.3) is 0 Å². The van der Waals surface area contributed by atoms with Gasteiger partial charge in [0.2, 0.25) is 5.91 Å². The van der Waals surface area contributed by atoms with Crippen LogP contribution in [0.3, 0.4) is 0 Å². The number of aromatic nitrogens is 1. The molecular formula is C14H22N2O2S. The number of hydrogen-bond acceptors (Lipinski definition) is 3. The lowest BCUT2D eigenvalue weighted by Gasteiger charge is -2.21. The first-order valence-corrected chi connectivity index (χ1v) is 7.96. The highest BCUT2D eigenvalue weighted by Gasteiger charge is 2.14. The minimum Gasteiger partial charge on any atom is -0.356 e. The van der Waals surface area contributed by atoms with E-state index in [0.29, 0.717) is 18.9 Å². The summed E-state index contributed by atoms with van der Waals surface area (Å²) in [5.74, 6) is 0.714. The van der Waals surface area contributed by atoms with E-state index in [9.17, 15) is 9.59 Å². The van der Waals surface area contributed by atoms with Crippen molar-refractivity contribution in [3.8, 4) is 0 Å². The lowest BCUT2D eigenvalue weighted by atomic mass is 9.89.